The third kappa shape index (κ3) is 2.72. The number of carbonyl (C=O) groups is 1. The highest BCUT2D eigenvalue weighted by atomic mass is 79.9. The summed E-state index contributed by atoms with van der Waals surface area (Å²) < 4.78 is 10.7. The summed E-state index contributed by atoms with van der Waals surface area (Å²) >= 11 is 3.37. The van der Waals surface area contributed by atoms with Crippen molar-refractivity contribution in [3.05, 3.63) is 34.4 Å². The molecule has 0 bridgehead atoms. The number of methoxy groups -OCH3 is 2. The molecule has 0 radical (unpaired) electrons. The average Bonchev–Trinajstić information content (AvgIpc) is 2.46. The van der Waals surface area contributed by atoms with Crippen LogP contribution in [0.5, 0.6) is 5.75 Å². The van der Waals surface area contributed by atoms with Gasteiger partial charge in [0, 0.05) is 10.7 Å². The zero-order valence-electron chi connectivity index (χ0n) is 10.9. The SMILES string of the molecule is COC(=O)c1cnc(-c2cc(Br)ccc2OC)nc1N. The molecule has 0 aliphatic heterocycles. The lowest BCUT2D eigenvalue weighted by Crippen LogP contribution is -2.09. The molecule has 0 amide bonds. The number of halogens is 1. The summed E-state index contributed by atoms with van der Waals surface area (Å²) in [5.41, 5.74) is 6.56. The predicted molar refractivity (Wildman–Crippen MR) is 77.5 cm³/mol. The van der Waals surface area contributed by atoms with E-state index in [0.29, 0.717) is 17.1 Å². The first-order chi connectivity index (χ1) is 9.56. The third-order valence-corrected chi connectivity index (χ3v) is 3.12. The van der Waals surface area contributed by atoms with Crippen LogP contribution in [-0.2, 0) is 4.74 Å². The van der Waals surface area contributed by atoms with E-state index in [1.165, 1.54) is 13.3 Å². The van der Waals surface area contributed by atoms with Gasteiger partial charge in [-0.1, -0.05) is 15.9 Å². The second-order valence-electron chi connectivity index (χ2n) is 3.83. The van der Waals surface area contributed by atoms with Crippen LogP contribution in [0.15, 0.2) is 28.9 Å². The minimum Gasteiger partial charge on any atom is -0.496 e. The molecular formula is C13H12BrN3O3. The number of anilines is 1. The van der Waals surface area contributed by atoms with Crippen LogP contribution in [0.4, 0.5) is 5.82 Å². The number of hydrogen-bond donors (Lipinski definition) is 1. The molecule has 0 aliphatic rings. The molecule has 0 spiro atoms. The molecule has 7 heteroatoms. The average molecular weight is 338 g/mol. The minimum absolute atomic E-state index is 0.0591. The van der Waals surface area contributed by atoms with Crippen molar-refractivity contribution in [2.45, 2.75) is 0 Å². The zero-order chi connectivity index (χ0) is 14.7. The number of carbonyl (C=O) groups excluding carboxylic acids is 1. The highest BCUT2D eigenvalue weighted by Gasteiger charge is 2.15. The normalized spacial score (nSPS) is 10.2. The summed E-state index contributed by atoms with van der Waals surface area (Å²) in [5, 5.41) is 0. The van der Waals surface area contributed by atoms with Crippen LogP contribution in [0.2, 0.25) is 0 Å². The summed E-state index contributed by atoms with van der Waals surface area (Å²) in [6, 6.07) is 5.44. The maximum Gasteiger partial charge on any atom is 0.343 e. The highest BCUT2D eigenvalue weighted by molar-refractivity contribution is 9.10. The van der Waals surface area contributed by atoms with E-state index in [1.54, 1.807) is 13.2 Å². The molecule has 0 saturated heterocycles. The van der Waals surface area contributed by atoms with Crippen LogP contribution >= 0.6 is 15.9 Å². The lowest BCUT2D eigenvalue weighted by atomic mass is 10.2. The Hall–Kier alpha value is -2.15. The number of hydrogen-bond acceptors (Lipinski definition) is 6. The number of nitrogens with zero attached hydrogens (tertiary/aromatic N) is 2. The van der Waals surface area contributed by atoms with Gasteiger partial charge in [0.25, 0.3) is 0 Å². The summed E-state index contributed by atoms with van der Waals surface area (Å²) in [7, 11) is 2.83. The molecule has 104 valence electrons. The number of ether oxygens (including phenoxy) is 2. The molecule has 6 nitrogen and oxygen atoms in total. The lowest BCUT2D eigenvalue weighted by Gasteiger charge is -2.09. The van der Waals surface area contributed by atoms with Gasteiger partial charge in [0.05, 0.1) is 19.8 Å². The molecule has 0 aliphatic carbocycles. The van der Waals surface area contributed by atoms with Gasteiger partial charge in [0.1, 0.15) is 17.1 Å². The van der Waals surface area contributed by atoms with Gasteiger partial charge in [-0.15, -0.1) is 0 Å². The molecule has 2 rings (SSSR count). The molecule has 2 aromatic rings. The Morgan fingerprint density at radius 2 is 2.10 bits per heavy atom. The van der Waals surface area contributed by atoms with Crippen LogP contribution in [0.25, 0.3) is 11.4 Å². The monoisotopic (exact) mass is 337 g/mol. The minimum atomic E-state index is -0.574. The van der Waals surface area contributed by atoms with E-state index in [-0.39, 0.29) is 11.4 Å². The lowest BCUT2D eigenvalue weighted by molar-refractivity contribution is 0.0601. The Kier molecular flexibility index (Phi) is 4.19. The third-order valence-electron chi connectivity index (χ3n) is 2.63. The van der Waals surface area contributed by atoms with Gasteiger partial charge in [-0.2, -0.15) is 0 Å². The summed E-state index contributed by atoms with van der Waals surface area (Å²) in [6.45, 7) is 0. The topological polar surface area (TPSA) is 87.3 Å². The Morgan fingerprint density at radius 1 is 1.35 bits per heavy atom. The Morgan fingerprint density at radius 3 is 2.70 bits per heavy atom. The first kappa shape index (κ1) is 14.3. The number of rotatable bonds is 3. The van der Waals surface area contributed by atoms with Gasteiger partial charge in [-0.25, -0.2) is 14.8 Å². The van der Waals surface area contributed by atoms with Crippen LogP contribution in [-0.4, -0.2) is 30.2 Å². The maximum atomic E-state index is 11.4. The van der Waals surface area contributed by atoms with Gasteiger partial charge >= 0.3 is 5.97 Å². The van der Waals surface area contributed by atoms with E-state index in [0.717, 1.165) is 4.47 Å². The van der Waals surface area contributed by atoms with Crippen molar-refractivity contribution in [2.75, 3.05) is 20.0 Å². The molecule has 0 fully saturated rings. The Labute approximate surface area is 124 Å². The summed E-state index contributed by atoms with van der Waals surface area (Å²) in [6.07, 6.45) is 1.34. The molecule has 2 N–H and O–H groups in total. The molecule has 0 saturated carbocycles. The summed E-state index contributed by atoms with van der Waals surface area (Å²) in [5.74, 6) is 0.464. The quantitative estimate of drug-likeness (QED) is 0.864. The van der Waals surface area contributed by atoms with Gasteiger partial charge in [-0.05, 0) is 18.2 Å². The smallest absolute Gasteiger partial charge is 0.343 e. The van der Waals surface area contributed by atoms with Gasteiger partial charge < -0.3 is 15.2 Å². The van der Waals surface area contributed by atoms with Crippen LogP contribution in [0, 0.1) is 0 Å². The molecular weight excluding hydrogens is 326 g/mol. The molecule has 1 heterocycles. The first-order valence-electron chi connectivity index (χ1n) is 5.61. The summed E-state index contributed by atoms with van der Waals surface area (Å²) in [4.78, 5) is 19.7. The molecule has 1 aromatic carbocycles. The predicted octanol–water partition coefficient (Wildman–Crippen LogP) is 2.28. The van der Waals surface area contributed by atoms with Crippen LogP contribution in [0.1, 0.15) is 10.4 Å². The highest BCUT2D eigenvalue weighted by Crippen LogP contribution is 2.31. The molecule has 0 atom stereocenters. The molecule has 20 heavy (non-hydrogen) atoms. The fourth-order valence-corrected chi connectivity index (χ4v) is 2.01. The number of benzene rings is 1. The van der Waals surface area contributed by atoms with E-state index in [9.17, 15) is 4.79 Å². The van der Waals surface area contributed by atoms with E-state index < -0.39 is 5.97 Å². The first-order valence-corrected chi connectivity index (χ1v) is 6.41. The number of aromatic nitrogens is 2. The fraction of sp³-hybridized carbons (Fsp3) is 0.154. The van der Waals surface area contributed by atoms with Crippen molar-refractivity contribution < 1.29 is 14.3 Å². The van der Waals surface area contributed by atoms with E-state index in [1.807, 2.05) is 12.1 Å². The van der Waals surface area contributed by atoms with Gasteiger partial charge in [0.2, 0.25) is 0 Å². The molecule has 1 aromatic heterocycles. The van der Waals surface area contributed by atoms with Crippen molar-refractivity contribution in [2.24, 2.45) is 0 Å². The standard InChI is InChI=1S/C13H12BrN3O3/c1-19-10-4-3-7(14)5-8(10)12-16-6-9(11(15)17-12)13(18)20-2/h3-6H,1-2H3,(H2,15,16,17). The Balaban J connectivity index is 2.52. The van der Waals surface area contributed by atoms with Crippen LogP contribution in [0.3, 0.4) is 0 Å². The number of esters is 1. The van der Waals surface area contributed by atoms with Crippen molar-refractivity contribution in [3.63, 3.8) is 0 Å². The number of nitrogens with two attached hydrogens (primary N) is 1. The van der Waals surface area contributed by atoms with E-state index in [4.69, 9.17) is 10.5 Å². The second kappa shape index (κ2) is 5.87. The molecule has 0 unspecified atom stereocenters. The van der Waals surface area contributed by atoms with Crippen molar-refractivity contribution in [1.29, 1.82) is 0 Å². The van der Waals surface area contributed by atoms with Gasteiger partial charge in [0.15, 0.2) is 5.82 Å². The van der Waals surface area contributed by atoms with Crippen molar-refractivity contribution in [1.82, 2.24) is 9.97 Å². The van der Waals surface area contributed by atoms with Crippen molar-refractivity contribution in [3.8, 4) is 17.1 Å². The fourth-order valence-electron chi connectivity index (χ4n) is 1.65. The zero-order valence-corrected chi connectivity index (χ0v) is 12.5. The largest absolute Gasteiger partial charge is 0.496 e. The van der Waals surface area contributed by atoms with Gasteiger partial charge in [-0.3, -0.25) is 0 Å². The van der Waals surface area contributed by atoms with E-state index in [2.05, 4.69) is 30.6 Å². The van der Waals surface area contributed by atoms with Crippen LogP contribution < -0.4 is 10.5 Å². The number of nitrogen functional groups attached to an aromatic ring is 1. The maximum absolute atomic E-state index is 11.4. The van der Waals surface area contributed by atoms with Crippen molar-refractivity contribution >= 4 is 27.7 Å². The second-order valence-corrected chi connectivity index (χ2v) is 4.74. The Bertz CT molecular complexity index is 661. The van der Waals surface area contributed by atoms with E-state index >= 15 is 0 Å².